The smallest absolute Gasteiger partial charge is 0.211 e. The lowest BCUT2D eigenvalue weighted by Crippen LogP contribution is -2.29. The van der Waals surface area contributed by atoms with E-state index in [-0.39, 0.29) is 0 Å². The Bertz CT molecular complexity index is 402. The average molecular weight is 243 g/mol. The molecule has 0 heterocycles. The van der Waals surface area contributed by atoms with Crippen LogP contribution in [-0.4, -0.2) is 39.2 Å². The molecule has 0 atom stereocenters. The van der Waals surface area contributed by atoms with E-state index in [1.54, 1.807) is 7.05 Å². The van der Waals surface area contributed by atoms with Gasteiger partial charge in [0.2, 0.25) is 10.0 Å². The molecule has 0 fully saturated rings. The summed E-state index contributed by atoms with van der Waals surface area (Å²) in [5, 5.41) is 0. The number of likely N-dealkylation sites (N-methyl/N-ethyl adjacent to an activating group) is 1. The van der Waals surface area contributed by atoms with E-state index in [1.807, 2.05) is 30.3 Å². The molecule has 0 bridgehead atoms. The van der Waals surface area contributed by atoms with Crippen LogP contribution >= 0.6 is 0 Å². The Balaban J connectivity index is 2.23. The molecule has 0 aliphatic heterocycles. The van der Waals surface area contributed by atoms with Crippen LogP contribution in [0.15, 0.2) is 30.3 Å². The maximum Gasteiger partial charge on any atom is 0.211 e. The SMILES string of the molecule is CN(CCOCc1ccccc1)S(C)(=O)=O. The third-order valence-electron chi connectivity index (χ3n) is 2.23. The highest BCUT2D eigenvalue weighted by atomic mass is 32.2. The second-order valence-corrected chi connectivity index (χ2v) is 5.71. The molecule has 0 saturated carbocycles. The van der Waals surface area contributed by atoms with E-state index in [0.717, 1.165) is 5.56 Å². The molecule has 1 rings (SSSR count). The summed E-state index contributed by atoms with van der Waals surface area (Å²) in [5.74, 6) is 0. The lowest BCUT2D eigenvalue weighted by atomic mass is 10.2. The number of hydrogen-bond donors (Lipinski definition) is 0. The monoisotopic (exact) mass is 243 g/mol. The Morgan fingerprint density at radius 3 is 2.44 bits per heavy atom. The fraction of sp³-hybridized carbons (Fsp3) is 0.455. The first-order valence-electron chi connectivity index (χ1n) is 5.03. The maximum absolute atomic E-state index is 11.1. The summed E-state index contributed by atoms with van der Waals surface area (Å²) >= 11 is 0. The van der Waals surface area contributed by atoms with Crippen LogP contribution in [0.25, 0.3) is 0 Å². The van der Waals surface area contributed by atoms with Crippen molar-refractivity contribution < 1.29 is 13.2 Å². The summed E-state index contributed by atoms with van der Waals surface area (Å²) < 4.78 is 28.8. The van der Waals surface area contributed by atoms with Crippen LogP contribution in [0.5, 0.6) is 0 Å². The van der Waals surface area contributed by atoms with Gasteiger partial charge >= 0.3 is 0 Å². The van der Waals surface area contributed by atoms with Gasteiger partial charge in [-0.3, -0.25) is 0 Å². The van der Waals surface area contributed by atoms with Crippen LogP contribution in [0.1, 0.15) is 5.56 Å². The van der Waals surface area contributed by atoms with Crippen LogP contribution in [0, 0.1) is 0 Å². The average Bonchev–Trinajstić information content (AvgIpc) is 2.24. The van der Waals surface area contributed by atoms with Gasteiger partial charge in [0.1, 0.15) is 0 Å². The van der Waals surface area contributed by atoms with Crippen molar-refractivity contribution in [2.75, 3.05) is 26.5 Å². The van der Waals surface area contributed by atoms with E-state index in [9.17, 15) is 8.42 Å². The molecule has 0 N–H and O–H groups in total. The fourth-order valence-corrected chi connectivity index (χ4v) is 1.53. The summed E-state index contributed by atoms with van der Waals surface area (Å²) in [6.07, 6.45) is 1.18. The predicted molar refractivity (Wildman–Crippen MR) is 63.6 cm³/mol. The zero-order valence-electron chi connectivity index (χ0n) is 9.59. The van der Waals surface area contributed by atoms with Crippen molar-refractivity contribution in [1.82, 2.24) is 4.31 Å². The molecule has 0 aliphatic rings. The Hall–Kier alpha value is -0.910. The summed E-state index contributed by atoms with van der Waals surface area (Å²) in [5.41, 5.74) is 1.09. The molecule has 0 radical (unpaired) electrons. The number of sulfonamides is 1. The highest BCUT2D eigenvalue weighted by Crippen LogP contribution is 2.00. The van der Waals surface area contributed by atoms with Crippen molar-refractivity contribution in [3.63, 3.8) is 0 Å². The van der Waals surface area contributed by atoms with Crippen LogP contribution in [0.3, 0.4) is 0 Å². The second kappa shape index (κ2) is 5.98. The summed E-state index contributed by atoms with van der Waals surface area (Å²) in [7, 11) is -1.55. The van der Waals surface area contributed by atoms with Crippen molar-refractivity contribution in [3.8, 4) is 0 Å². The molecule has 0 aliphatic carbocycles. The van der Waals surface area contributed by atoms with Crippen molar-refractivity contribution in [1.29, 1.82) is 0 Å². The molecule has 5 heteroatoms. The zero-order valence-corrected chi connectivity index (χ0v) is 10.4. The molecule has 1 aromatic carbocycles. The van der Waals surface area contributed by atoms with Gasteiger partial charge in [-0.15, -0.1) is 0 Å². The number of rotatable bonds is 6. The van der Waals surface area contributed by atoms with Gasteiger partial charge in [-0.05, 0) is 5.56 Å². The van der Waals surface area contributed by atoms with Gasteiger partial charge < -0.3 is 4.74 Å². The van der Waals surface area contributed by atoms with Gasteiger partial charge in [-0.25, -0.2) is 12.7 Å². The Kier molecular flexibility index (Phi) is 4.92. The molecular weight excluding hydrogens is 226 g/mol. The van der Waals surface area contributed by atoms with Crippen LogP contribution < -0.4 is 0 Å². The number of benzene rings is 1. The minimum Gasteiger partial charge on any atom is -0.375 e. The molecule has 4 nitrogen and oxygen atoms in total. The highest BCUT2D eigenvalue weighted by Gasteiger charge is 2.09. The summed E-state index contributed by atoms with van der Waals surface area (Å²) in [6.45, 7) is 1.29. The minimum atomic E-state index is -3.09. The predicted octanol–water partition coefficient (Wildman–Crippen LogP) is 1.09. The first-order valence-corrected chi connectivity index (χ1v) is 6.88. The van der Waals surface area contributed by atoms with Gasteiger partial charge in [0.15, 0.2) is 0 Å². The third kappa shape index (κ3) is 4.74. The first-order chi connectivity index (χ1) is 7.50. The van der Waals surface area contributed by atoms with E-state index >= 15 is 0 Å². The van der Waals surface area contributed by atoms with E-state index < -0.39 is 10.0 Å². The standard InChI is InChI=1S/C11H17NO3S/c1-12(16(2,13)14)8-9-15-10-11-6-4-3-5-7-11/h3-7H,8-10H2,1-2H3. The van der Waals surface area contributed by atoms with Crippen LogP contribution in [0.4, 0.5) is 0 Å². The van der Waals surface area contributed by atoms with E-state index in [1.165, 1.54) is 10.6 Å². The molecule has 0 saturated heterocycles. The quantitative estimate of drug-likeness (QED) is 0.703. The molecule has 0 amide bonds. The summed E-state index contributed by atoms with van der Waals surface area (Å²) in [6, 6.07) is 9.78. The van der Waals surface area contributed by atoms with E-state index in [2.05, 4.69) is 0 Å². The Morgan fingerprint density at radius 1 is 1.25 bits per heavy atom. The topological polar surface area (TPSA) is 46.6 Å². The lowest BCUT2D eigenvalue weighted by Gasteiger charge is -2.13. The van der Waals surface area contributed by atoms with Gasteiger partial charge in [-0.1, -0.05) is 30.3 Å². The first kappa shape index (κ1) is 13.2. The molecule has 90 valence electrons. The molecule has 16 heavy (non-hydrogen) atoms. The number of nitrogens with zero attached hydrogens (tertiary/aromatic N) is 1. The lowest BCUT2D eigenvalue weighted by molar-refractivity contribution is 0.113. The molecule has 0 aromatic heterocycles. The van der Waals surface area contributed by atoms with Crippen LogP contribution in [-0.2, 0) is 21.4 Å². The number of hydrogen-bond acceptors (Lipinski definition) is 3. The Morgan fingerprint density at radius 2 is 1.88 bits per heavy atom. The number of ether oxygens (including phenoxy) is 1. The van der Waals surface area contributed by atoms with Gasteiger partial charge in [0.25, 0.3) is 0 Å². The van der Waals surface area contributed by atoms with Crippen molar-refractivity contribution >= 4 is 10.0 Å². The van der Waals surface area contributed by atoms with Crippen molar-refractivity contribution in [2.24, 2.45) is 0 Å². The minimum absolute atomic E-state index is 0.381. The third-order valence-corrected chi connectivity index (χ3v) is 3.54. The van der Waals surface area contributed by atoms with Gasteiger partial charge in [0.05, 0.1) is 19.5 Å². The van der Waals surface area contributed by atoms with Gasteiger partial charge in [0, 0.05) is 13.6 Å². The second-order valence-electron chi connectivity index (χ2n) is 3.62. The Labute approximate surface area is 96.9 Å². The van der Waals surface area contributed by atoms with Crippen molar-refractivity contribution in [2.45, 2.75) is 6.61 Å². The molecular formula is C11H17NO3S. The maximum atomic E-state index is 11.1. The fourth-order valence-electron chi connectivity index (χ4n) is 1.12. The van der Waals surface area contributed by atoms with Gasteiger partial charge in [-0.2, -0.15) is 0 Å². The zero-order chi connectivity index (χ0) is 12.0. The highest BCUT2D eigenvalue weighted by molar-refractivity contribution is 7.88. The molecule has 0 spiro atoms. The van der Waals surface area contributed by atoms with Crippen molar-refractivity contribution in [3.05, 3.63) is 35.9 Å². The molecule has 0 unspecified atom stereocenters. The van der Waals surface area contributed by atoms with Crippen LogP contribution in [0.2, 0.25) is 0 Å². The van der Waals surface area contributed by atoms with E-state index in [0.29, 0.717) is 19.8 Å². The normalized spacial score (nSPS) is 11.9. The largest absolute Gasteiger partial charge is 0.375 e. The van der Waals surface area contributed by atoms with E-state index in [4.69, 9.17) is 4.74 Å². The summed E-state index contributed by atoms with van der Waals surface area (Å²) in [4.78, 5) is 0. The molecule has 1 aromatic rings.